The molecule has 1 amide bonds. The minimum absolute atomic E-state index is 0.171. The fraction of sp³-hybridized carbons (Fsp3) is 0.250. The number of benzene rings is 1. The normalized spacial score (nSPS) is 11.8. The summed E-state index contributed by atoms with van der Waals surface area (Å²) in [6.45, 7) is 2.46. The van der Waals surface area contributed by atoms with Crippen LogP contribution >= 0.6 is 0 Å². The number of nitrogens with zero attached hydrogens (tertiary/aromatic N) is 3. The van der Waals surface area contributed by atoms with Gasteiger partial charge in [-0.3, -0.25) is 4.79 Å². The summed E-state index contributed by atoms with van der Waals surface area (Å²) in [6.07, 6.45) is 4.64. The minimum Gasteiger partial charge on any atom is -0.497 e. The lowest BCUT2D eigenvalue weighted by Gasteiger charge is -2.14. The maximum atomic E-state index is 12.3. The standard InChI is InChI=1S/C20H22N4O3/c1-15(27-14-17-5-3-6-18(11-17)26-2)20(25)22-13-16-7-9-21-19(12-16)24-10-4-8-23-24/h3-12,15H,13-14H2,1-2H3,(H,22,25). The lowest BCUT2D eigenvalue weighted by atomic mass is 10.2. The number of carbonyl (C=O) groups excluding carboxylic acids is 1. The Bertz CT molecular complexity index is 880. The summed E-state index contributed by atoms with van der Waals surface area (Å²) in [5, 5.41) is 7.04. The second-order valence-corrected chi connectivity index (χ2v) is 6.00. The molecule has 0 aliphatic carbocycles. The highest BCUT2D eigenvalue weighted by Crippen LogP contribution is 2.14. The molecule has 3 rings (SSSR count). The Labute approximate surface area is 158 Å². The van der Waals surface area contributed by atoms with Crippen LogP contribution in [0.15, 0.2) is 61.1 Å². The third kappa shape index (κ3) is 5.15. The van der Waals surface area contributed by atoms with E-state index in [2.05, 4.69) is 15.4 Å². The number of nitrogens with one attached hydrogen (secondary N) is 1. The Hall–Kier alpha value is -3.19. The fourth-order valence-corrected chi connectivity index (χ4v) is 2.49. The summed E-state index contributed by atoms with van der Waals surface area (Å²) in [4.78, 5) is 16.6. The van der Waals surface area contributed by atoms with Crippen molar-refractivity contribution in [3.8, 4) is 11.6 Å². The van der Waals surface area contributed by atoms with Crippen LogP contribution in [-0.4, -0.2) is 33.9 Å². The van der Waals surface area contributed by atoms with Gasteiger partial charge >= 0.3 is 0 Å². The third-order valence-electron chi connectivity index (χ3n) is 4.02. The fourth-order valence-electron chi connectivity index (χ4n) is 2.49. The van der Waals surface area contributed by atoms with Gasteiger partial charge in [0.1, 0.15) is 11.9 Å². The number of ether oxygens (including phenoxy) is 2. The van der Waals surface area contributed by atoms with Crippen molar-refractivity contribution in [3.63, 3.8) is 0 Å². The molecular weight excluding hydrogens is 344 g/mol. The van der Waals surface area contributed by atoms with Crippen molar-refractivity contribution >= 4 is 5.91 Å². The maximum Gasteiger partial charge on any atom is 0.249 e. The predicted octanol–water partition coefficient (Wildman–Crippen LogP) is 2.50. The average Bonchev–Trinajstić information content (AvgIpc) is 3.25. The van der Waals surface area contributed by atoms with E-state index in [1.54, 1.807) is 31.1 Å². The Morgan fingerprint density at radius 2 is 2.07 bits per heavy atom. The van der Waals surface area contributed by atoms with Gasteiger partial charge in [0.25, 0.3) is 0 Å². The van der Waals surface area contributed by atoms with Crippen LogP contribution in [0.1, 0.15) is 18.1 Å². The van der Waals surface area contributed by atoms with Gasteiger partial charge < -0.3 is 14.8 Å². The van der Waals surface area contributed by atoms with Crippen molar-refractivity contribution < 1.29 is 14.3 Å². The summed E-state index contributed by atoms with van der Waals surface area (Å²) in [5.74, 6) is 1.29. The quantitative estimate of drug-likeness (QED) is 0.663. The maximum absolute atomic E-state index is 12.3. The van der Waals surface area contributed by atoms with Gasteiger partial charge in [-0.25, -0.2) is 9.67 Å². The molecule has 7 nitrogen and oxygen atoms in total. The molecule has 0 bridgehead atoms. The molecule has 1 unspecified atom stereocenters. The van der Waals surface area contributed by atoms with E-state index in [-0.39, 0.29) is 5.91 Å². The number of carbonyl (C=O) groups is 1. The van der Waals surface area contributed by atoms with Crippen molar-refractivity contribution in [2.75, 3.05) is 7.11 Å². The number of aromatic nitrogens is 3. The Balaban J connectivity index is 1.50. The number of hydrogen-bond acceptors (Lipinski definition) is 5. The number of hydrogen-bond donors (Lipinski definition) is 1. The van der Waals surface area contributed by atoms with Crippen molar-refractivity contribution in [3.05, 3.63) is 72.2 Å². The Morgan fingerprint density at radius 1 is 1.19 bits per heavy atom. The van der Waals surface area contributed by atoms with Gasteiger partial charge in [0.2, 0.25) is 5.91 Å². The molecule has 0 fully saturated rings. The predicted molar refractivity (Wildman–Crippen MR) is 100 cm³/mol. The van der Waals surface area contributed by atoms with E-state index in [4.69, 9.17) is 9.47 Å². The van der Waals surface area contributed by atoms with Gasteiger partial charge in [0.15, 0.2) is 5.82 Å². The van der Waals surface area contributed by atoms with Crippen LogP contribution in [0.25, 0.3) is 5.82 Å². The highest BCUT2D eigenvalue weighted by atomic mass is 16.5. The van der Waals surface area contributed by atoms with Gasteiger partial charge in [-0.1, -0.05) is 12.1 Å². The lowest BCUT2D eigenvalue weighted by molar-refractivity contribution is -0.132. The monoisotopic (exact) mass is 366 g/mol. The zero-order valence-corrected chi connectivity index (χ0v) is 15.3. The first-order valence-corrected chi connectivity index (χ1v) is 8.63. The molecule has 7 heteroatoms. The summed E-state index contributed by atoms with van der Waals surface area (Å²) < 4.78 is 12.5. The Kier molecular flexibility index (Phi) is 6.17. The van der Waals surface area contributed by atoms with Crippen LogP contribution < -0.4 is 10.1 Å². The molecule has 2 aromatic heterocycles. The van der Waals surface area contributed by atoms with Gasteiger partial charge in [0.05, 0.1) is 13.7 Å². The van der Waals surface area contributed by atoms with E-state index < -0.39 is 6.10 Å². The van der Waals surface area contributed by atoms with Crippen LogP contribution in [-0.2, 0) is 22.7 Å². The highest BCUT2D eigenvalue weighted by molar-refractivity contribution is 5.80. The largest absolute Gasteiger partial charge is 0.497 e. The second kappa shape index (κ2) is 8.95. The summed E-state index contributed by atoms with van der Waals surface area (Å²) in [7, 11) is 1.62. The first-order chi connectivity index (χ1) is 13.2. The first-order valence-electron chi connectivity index (χ1n) is 8.63. The molecule has 1 N–H and O–H groups in total. The molecule has 0 aliphatic rings. The average molecular weight is 366 g/mol. The van der Waals surface area contributed by atoms with E-state index in [9.17, 15) is 4.79 Å². The molecular formula is C20H22N4O3. The third-order valence-corrected chi connectivity index (χ3v) is 4.02. The van der Waals surface area contributed by atoms with Crippen molar-refractivity contribution in [1.29, 1.82) is 0 Å². The number of rotatable bonds is 8. The summed E-state index contributed by atoms with van der Waals surface area (Å²) in [6, 6.07) is 13.1. The van der Waals surface area contributed by atoms with Crippen molar-refractivity contribution in [1.82, 2.24) is 20.1 Å². The molecule has 140 valence electrons. The van der Waals surface area contributed by atoms with E-state index >= 15 is 0 Å². The van der Waals surface area contributed by atoms with E-state index in [1.807, 2.05) is 48.7 Å². The van der Waals surface area contributed by atoms with Crippen molar-refractivity contribution in [2.24, 2.45) is 0 Å². The second-order valence-electron chi connectivity index (χ2n) is 6.00. The molecule has 1 atom stereocenters. The van der Waals surface area contributed by atoms with E-state index in [0.29, 0.717) is 19.0 Å². The number of pyridine rings is 1. The first kappa shape index (κ1) is 18.6. The molecule has 0 aliphatic heterocycles. The number of methoxy groups -OCH3 is 1. The highest BCUT2D eigenvalue weighted by Gasteiger charge is 2.13. The molecule has 0 saturated carbocycles. The minimum atomic E-state index is -0.566. The van der Waals surface area contributed by atoms with Crippen molar-refractivity contribution in [2.45, 2.75) is 26.2 Å². The van der Waals surface area contributed by atoms with Gasteiger partial charge in [-0.15, -0.1) is 0 Å². The molecule has 0 saturated heterocycles. The SMILES string of the molecule is COc1cccc(COC(C)C(=O)NCc2ccnc(-n3cccn3)c2)c1. The molecule has 3 aromatic rings. The zero-order chi connectivity index (χ0) is 19.1. The number of amides is 1. The summed E-state index contributed by atoms with van der Waals surface area (Å²) in [5.41, 5.74) is 1.89. The van der Waals surface area contributed by atoms with Crippen LogP contribution in [0.3, 0.4) is 0 Å². The Morgan fingerprint density at radius 3 is 2.85 bits per heavy atom. The van der Waals surface area contributed by atoms with Gasteiger partial charge in [-0.2, -0.15) is 5.10 Å². The topological polar surface area (TPSA) is 78.3 Å². The van der Waals surface area contributed by atoms with Crippen LogP contribution in [0.5, 0.6) is 5.75 Å². The molecule has 0 spiro atoms. The van der Waals surface area contributed by atoms with Crippen LogP contribution in [0.2, 0.25) is 0 Å². The zero-order valence-electron chi connectivity index (χ0n) is 15.3. The van der Waals surface area contributed by atoms with Gasteiger partial charge in [0, 0.05) is 25.1 Å². The summed E-state index contributed by atoms with van der Waals surface area (Å²) >= 11 is 0. The van der Waals surface area contributed by atoms with E-state index in [1.165, 1.54) is 0 Å². The van der Waals surface area contributed by atoms with E-state index in [0.717, 1.165) is 16.9 Å². The molecule has 1 aromatic carbocycles. The smallest absolute Gasteiger partial charge is 0.249 e. The van der Waals surface area contributed by atoms with Crippen LogP contribution in [0.4, 0.5) is 0 Å². The molecule has 27 heavy (non-hydrogen) atoms. The van der Waals surface area contributed by atoms with Gasteiger partial charge in [-0.05, 0) is 48.4 Å². The lowest BCUT2D eigenvalue weighted by Crippen LogP contribution is -2.34. The molecule has 2 heterocycles. The molecule has 0 radical (unpaired) electrons. The van der Waals surface area contributed by atoms with Crippen LogP contribution in [0, 0.1) is 0 Å².